The Hall–Kier alpha value is -2.11. The molecule has 0 aromatic heterocycles. The molecule has 0 bridgehead atoms. The van der Waals surface area contributed by atoms with Gasteiger partial charge >= 0.3 is 19.8 Å². The van der Waals surface area contributed by atoms with Crippen molar-refractivity contribution in [2.45, 2.75) is 95.7 Å². The Bertz CT molecular complexity index is 1020. The van der Waals surface area contributed by atoms with Crippen LogP contribution in [0.2, 0.25) is 0 Å². The lowest BCUT2D eigenvalue weighted by molar-refractivity contribution is -0.154. The van der Waals surface area contributed by atoms with Crippen molar-refractivity contribution in [3.8, 4) is 0 Å². The van der Waals surface area contributed by atoms with E-state index < -0.39 is 37.7 Å². The first-order valence-corrected chi connectivity index (χ1v) is 15.8. The normalized spacial score (nSPS) is 26.9. The topological polar surface area (TPSA) is 186 Å². The van der Waals surface area contributed by atoms with Gasteiger partial charge in [0.15, 0.2) is 0 Å². The van der Waals surface area contributed by atoms with Crippen molar-refractivity contribution in [3.63, 3.8) is 0 Å². The minimum Gasteiger partial charge on any atom is -0.462 e. The van der Waals surface area contributed by atoms with E-state index >= 15 is 0 Å². The fourth-order valence-electron chi connectivity index (χ4n) is 4.95. The van der Waals surface area contributed by atoms with Crippen molar-refractivity contribution in [1.82, 2.24) is 0 Å². The summed E-state index contributed by atoms with van der Waals surface area (Å²) in [6.07, 6.45) is 12.6. The maximum Gasteiger partial charge on any atom is 0.469 e. The van der Waals surface area contributed by atoms with E-state index in [4.69, 9.17) is 19.7 Å². The number of aliphatic hydroxyl groups excluding tert-OH is 1. The molecule has 2 rings (SSSR count). The molecular weight excluding hydrogens is 553 g/mol. The fraction of sp³-hybridized carbons (Fsp3) is 0.655. The molecule has 232 valence electrons. The number of carbonyl (C=O) groups excluding carboxylic acids is 2. The van der Waals surface area contributed by atoms with Crippen LogP contribution in [0.15, 0.2) is 48.6 Å². The van der Waals surface area contributed by atoms with Crippen LogP contribution in [0.1, 0.15) is 65.7 Å². The second-order valence-electron chi connectivity index (χ2n) is 11.0. The zero-order valence-electron chi connectivity index (χ0n) is 24.1. The summed E-state index contributed by atoms with van der Waals surface area (Å²) in [6.45, 7) is 5.46. The number of allylic oxidation sites excluding steroid dienone is 3. The van der Waals surface area contributed by atoms with Gasteiger partial charge in [-0.15, -0.1) is 0 Å². The van der Waals surface area contributed by atoms with Crippen molar-refractivity contribution in [2.75, 3.05) is 6.54 Å². The predicted molar refractivity (Wildman–Crippen MR) is 153 cm³/mol. The predicted octanol–water partition coefficient (Wildman–Crippen LogP) is 3.23. The van der Waals surface area contributed by atoms with Gasteiger partial charge in [-0.1, -0.05) is 57.2 Å². The summed E-state index contributed by atoms with van der Waals surface area (Å²) in [5.74, 6) is -0.863. The molecule has 0 aromatic rings. The van der Waals surface area contributed by atoms with E-state index in [2.05, 4.69) is 0 Å². The van der Waals surface area contributed by atoms with Gasteiger partial charge in [-0.05, 0) is 57.1 Å². The van der Waals surface area contributed by atoms with Crippen molar-refractivity contribution < 1.29 is 48.2 Å². The minimum absolute atomic E-state index is 0.0487. The zero-order chi connectivity index (χ0) is 30.6. The minimum atomic E-state index is -5.07. The Morgan fingerprint density at radius 3 is 2.63 bits per heavy atom. The quantitative estimate of drug-likeness (QED) is 0.0805. The standard InChI is InChI=1S/C29H46NO10P/c1-4-22-12-13-27(32)39-25(22)14-15-29(34,16-17-30)26(40-41(35,36)37)19-23(31)10-6-5-8-21-9-7-11-24(18-21)38-28(33)20(2)3/h5-6,8,10,12-15,20-26,31,34H,4,7,9,11,16-19,30H2,1-3H3,(H2,35,36,37)/b8-5+,10-6+,15-14+. The molecule has 2 aliphatic rings. The van der Waals surface area contributed by atoms with Crippen LogP contribution in [0, 0.1) is 17.8 Å². The van der Waals surface area contributed by atoms with Crippen molar-refractivity contribution in [2.24, 2.45) is 23.5 Å². The number of phosphoric acid groups is 1. The number of hydrogen-bond acceptors (Lipinski definition) is 9. The van der Waals surface area contributed by atoms with Gasteiger partial charge in [0.05, 0.1) is 12.0 Å². The van der Waals surface area contributed by atoms with E-state index in [0.717, 1.165) is 19.3 Å². The number of hydrogen-bond donors (Lipinski definition) is 5. The van der Waals surface area contributed by atoms with Crippen LogP contribution in [-0.2, 0) is 28.2 Å². The van der Waals surface area contributed by atoms with Gasteiger partial charge in [0.2, 0.25) is 0 Å². The number of aliphatic hydroxyl groups is 2. The summed E-state index contributed by atoms with van der Waals surface area (Å²) in [5, 5.41) is 22.1. The lowest BCUT2D eigenvalue weighted by Gasteiger charge is -2.35. The van der Waals surface area contributed by atoms with E-state index in [1.165, 1.54) is 24.3 Å². The molecule has 1 fully saturated rings. The van der Waals surface area contributed by atoms with Crippen molar-refractivity contribution in [3.05, 3.63) is 48.6 Å². The average molecular weight is 600 g/mol. The Balaban J connectivity index is 2.10. The third-order valence-electron chi connectivity index (χ3n) is 7.27. The van der Waals surface area contributed by atoms with Gasteiger partial charge in [0, 0.05) is 18.4 Å². The first-order chi connectivity index (χ1) is 19.3. The molecule has 1 aliphatic heterocycles. The van der Waals surface area contributed by atoms with Crippen molar-refractivity contribution >= 4 is 19.8 Å². The molecule has 12 heteroatoms. The largest absolute Gasteiger partial charge is 0.469 e. The highest BCUT2D eigenvalue weighted by Gasteiger charge is 2.40. The second-order valence-corrected chi connectivity index (χ2v) is 12.2. The molecule has 1 aliphatic carbocycles. The molecule has 0 radical (unpaired) electrons. The Labute approximate surface area is 242 Å². The first kappa shape index (κ1) is 35.1. The van der Waals surface area contributed by atoms with Gasteiger partial charge < -0.3 is 35.2 Å². The van der Waals surface area contributed by atoms with E-state index in [1.54, 1.807) is 32.1 Å². The summed E-state index contributed by atoms with van der Waals surface area (Å²) in [6, 6.07) is 0. The lowest BCUT2D eigenvalue weighted by atomic mass is 9.86. The first-order valence-electron chi connectivity index (χ1n) is 14.2. The SMILES string of the molecule is CCC1C=CC(=O)OC1/C=C/C(O)(CCN)C(CC(O)/C=C/C=C/C1CCCC(OC(=O)C(C)C)C1)OP(=O)(O)O. The lowest BCUT2D eigenvalue weighted by Crippen LogP contribution is -2.45. The maximum atomic E-state index is 11.9. The third-order valence-corrected chi connectivity index (χ3v) is 7.80. The summed E-state index contributed by atoms with van der Waals surface area (Å²) >= 11 is 0. The number of rotatable bonds is 15. The molecule has 11 nitrogen and oxygen atoms in total. The van der Waals surface area contributed by atoms with Crippen LogP contribution >= 0.6 is 7.82 Å². The van der Waals surface area contributed by atoms with Crippen molar-refractivity contribution in [1.29, 1.82) is 0 Å². The molecule has 7 unspecified atom stereocenters. The van der Waals surface area contributed by atoms with Crippen LogP contribution in [0.3, 0.4) is 0 Å². The number of esters is 2. The van der Waals surface area contributed by atoms with Gasteiger partial charge in [-0.25, -0.2) is 9.36 Å². The summed E-state index contributed by atoms with van der Waals surface area (Å²) < 4.78 is 27.6. The molecule has 1 heterocycles. The summed E-state index contributed by atoms with van der Waals surface area (Å²) in [7, 11) is -5.07. The molecule has 0 saturated heterocycles. The van der Waals surface area contributed by atoms with Gasteiger partial charge in [-0.3, -0.25) is 9.32 Å². The van der Waals surface area contributed by atoms with E-state index in [0.29, 0.717) is 12.8 Å². The van der Waals surface area contributed by atoms with Gasteiger partial charge in [0.25, 0.3) is 0 Å². The van der Waals surface area contributed by atoms with Gasteiger partial charge in [-0.2, -0.15) is 0 Å². The Morgan fingerprint density at radius 1 is 1.27 bits per heavy atom. The zero-order valence-corrected chi connectivity index (χ0v) is 25.0. The molecule has 1 saturated carbocycles. The number of ether oxygens (including phenoxy) is 2. The fourth-order valence-corrected chi connectivity index (χ4v) is 5.55. The smallest absolute Gasteiger partial charge is 0.462 e. The number of nitrogens with two attached hydrogens (primary N) is 1. The van der Waals surface area contributed by atoms with E-state index in [-0.39, 0.29) is 49.2 Å². The van der Waals surface area contributed by atoms with Crippen LogP contribution in [0.4, 0.5) is 0 Å². The van der Waals surface area contributed by atoms with E-state index in [1.807, 2.05) is 13.0 Å². The van der Waals surface area contributed by atoms with Crippen LogP contribution in [-0.4, -0.2) is 68.5 Å². The highest BCUT2D eigenvalue weighted by atomic mass is 31.2. The van der Waals surface area contributed by atoms with Crippen LogP contribution in [0.25, 0.3) is 0 Å². The highest BCUT2D eigenvalue weighted by Crippen LogP contribution is 2.42. The molecule has 0 spiro atoms. The van der Waals surface area contributed by atoms with Gasteiger partial charge in [0.1, 0.15) is 23.9 Å². The molecule has 0 amide bonds. The molecule has 6 N–H and O–H groups in total. The molecule has 41 heavy (non-hydrogen) atoms. The third kappa shape index (κ3) is 12.3. The molecule has 0 aromatic carbocycles. The Kier molecular flexibility index (Phi) is 14.1. The maximum absolute atomic E-state index is 11.9. The number of carbonyl (C=O) groups is 2. The van der Waals surface area contributed by atoms with Crippen LogP contribution in [0.5, 0.6) is 0 Å². The monoisotopic (exact) mass is 599 g/mol. The molecular formula is C29H46NO10P. The second kappa shape index (κ2) is 16.5. The number of cyclic esters (lactones) is 1. The average Bonchev–Trinajstić information content (AvgIpc) is 2.89. The molecule has 7 atom stereocenters. The summed E-state index contributed by atoms with van der Waals surface area (Å²) in [5.41, 5.74) is 3.72. The number of phosphoric ester groups is 1. The summed E-state index contributed by atoms with van der Waals surface area (Å²) in [4.78, 5) is 42.7. The van der Waals surface area contributed by atoms with Crippen LogP contribution < -0.4 is 5.73 Å². The highest BCUT2D eigenvalue weighted by molar-refractivity contribution is 7.46. The van der Waals surface area contributed by atoms with E-state index in [9.17, 15) is 34.2 Å². The Morgan fingerprint density at radius 2 is 2.00 bits per heavy atom.